The Morgan fingerprint density at radius 1 is 1.09 bits per heavy atom. The maximum Gasteiger partial charge on any atom is 0.355 e. The highest BCUT2D eigenvalue weighted by atomic mass is 32.2. The van der Waals surface area contributed by atoms with Gasteiger partial charge >= 0.3 is 5.69 Å². The van der Waals surface area contributed by atoms with E-state index in [-0.39, 0.29) is 57.2 Å². The first-order valence-corrected chi connectivity index (χ1v) is 16.2. The molecule has 2 aliphatic rings. The van der Waals surface area contributed by atoms with Crippen LogP contribution in [0.4, 0.5) is 20.3 Å². The van der Waals surface area contributed by atoms with E-state index in [1.807, 2.05) is 6.92 Å². The van der Waals surface area contributed by atoms with Crippen molar-refractivity contribution in [2.45, 2.75) is 49.3 Å². The summed E-state index contributed by atoms with van der Waals surface area (Å²) in [6, 6.07) is 9.40. The van der Waals surface area contributed by atoms with Crippen molar-refractivity contribution in [1.29, 1.82) is 0 Å². The molecule has 10 nitrogen and oxygen atoms in total. The van der Waals surface area contributed by atoms with E-state index >= 15 is 8.78 Å². The van der Waals surface area contributed by atoms with Gasteiger partial charge in [0, 0.05) is 31.4 Å². The van der Waals surface area contributed by atoms with Crippen LogP contribution >= 0.6 is 0 Å². The van der Waals surface area contributed by atoms with Crippen LogP contribution in [0.3, 0.4) is 0 Å². The predicted octanol–water partition coefficient (Wildman–Crippen LogP) is 4.17. The smallest absolute Gasteiger partial charge is 0.355 e. The lowest BCUT2D eigenvalue weighted by molar-refractivity contribution is -0.126. The van der Waals surface area contributed by atoms with E-state index in [9.17, 15) is 18.0 Å². The second kappa shape index (κ2) is 11.4. The summed E-state index contributed by atoms with van der Waals surface area (Å²) in [4.78, 5) is 38.6. The molecule has 1 aliphatic carbocycles. The molecule has 13 heteroatoms. The zero-order chi connectivity index (χ0) is 32.2. The van der Waals surface area contributed by atoms with Crippen LogP contribution in [-0.4, -0.2) is 64.7 Å². The highest BCUT2D eigenvalue weighted by Gasteiger charge is 2.36. The number of hydrogen-bond donors (Lipinski definition) is 1. The van der Waals surface area contributed by atoms with Gasteiger partial charge in [0.25, 0.3) is 0 Å². The lowest BCUT2D eigenvalue weighted by Crippen LogP contribution is -2.54. The number of nitrogens with zero attached hydrogens (tertiary/aromatic N) is 5. The first kappa shape index (κ1) is 30.4. The molecule has 1 atom stereocenters. The molecule has 3 heterocycles. The first-order chi connectivity index (χ1) is 21.4. The van der Waals surface area contributed by atoms with Gasteiger partial charge in [0.2, 0.25) is 5.91 Å². The van der Waals surface area contributed by atoms with Crippen LogP contribution in [0.15, 0.2) is 64.8 Å². The maximum absolute atomic E-state index is 16.0. The Morgan fingerprint density at radius 2 is 1.82 bits per heavy atom. The zero-order valence-electron chi connectivity index (χ0n) is 24.8. The monoisotopic (exact) mass is 634 g/mol. The van der Waals surface area contributed by atoms with Crippen LogP contribution in [0.5, 0.6) is 0 Å². The minimum Gasteiger partial charge on any atom is -0.398 e. The van der Waals surface area contributed by atoms with Crippen LogP contribution < -0.4 is 16.3 Å². The second-order valence-electron chi connectivity index (χ2n) is 11.5. The summed E-state index contributed by atoms with van der Waals surface area (Å²) in [5.41, 5.74) is 4.83. The summed E-state index contributed by atoms with van der Waals surface area (Å²) in [6.45, 7) is 7.90. The number of amides is 1. The highest BCUT2D eigenvalue weighted by Crippen LogP contribution is 2.38. The van der Waals surface area contributed by atoms with Crippen LogP contribution in [0.1, 0.15) is 31.7 Å². The lowest BCUT2D eigenvalue weighted by Gasteiger charge is -2.40. The van der Waals surface area contributed by atoms with Crippen LogP contribution in [0.25, 0.3) is 28.0 Å². The Kier molecular flexibility index (Phi) is 7.67. The topological polar surface area (TPSA) is 131 Å². The number of nitrogens with two attached hydrogens (primary N) is 1. The number of benzene rings is 2. The van der Waals surface area contributed by atoms with Crippen molar-refractivity contribution in [2.24, 2.45) is 0 Å². The average molecular weight is 635 g/mol. The van der Waals surface area contributed by atoms with E-state index in [1.165, 1.54) is 24.3 Å². The molecule has 6 rings (SSSR count). The summed E-state index contributed by atoms with van der Waals surface area (Å²) < 4.78 is 59.7. The number of halogens is 2. The number of rotatable bonds is 6. The molecule has 45 heavy (non-hydrogen) atoms. The normalized spacial score (nSPS) is 17.4. The molecule has 1 aliphatic heterocycles. The molecule has 0 radical (unpaired) electrons. The summed E-state index contributed by atoms with van der Waals surface area (Å²) in [5, 5.41) is -0.488. The number of para-hydroxylation sites is 1. The molecule has 2 N–H and O–H groups in total. The fraction of sp³-hybridized carbons (Fsp3) is 0.312. The zero-order valence-corrected chi connectivity index (χ0v) is 25.7. The molecule has 4 aromatic rings. The van der Waals surface area contributed by atoms with E-state index in [0.29, 0.717) is 31.5 Å². The van der Waals surface area contributed by atoms with Gasteiger partial charge in [-0.3, -0.25) is 4.79 Å². The van der Waals surface area contributed by atoms with Gasteiger partial charge in [-0.25, -0.2) is 31.5 Å². The Morgan fingerprint density at radius 3 is 2.47 bits per heavy atom. The molecule has 234 valence electrons. The average Bonchev–Trinajstić information content (AvgIpc) is 2.96. The minimum atomic E-state index is -3.85. The van der Waals surface area contributed by atoms with Crippen molar-refractivity contribution in [3.05, 3.63) is 82.8 Å². The highest BCUT2D eigenvalue weighted by molar-refractivity contribution is 7.92. The van der Waals surface area contributed by atoms with Gasteiger partial charge in [-0.1, -0.05) is 31.2 Å². The quantitative estimate of drug-likeness (QED) is 0.247. The number of pyridine rings is 1. The Hall–Kier alpha value is -4.65. The van der Waals surface area contributed by atoms with E-state index in [1.54, 1.807) is 28.9 Å². The number of hydrogen-bond acceptors (Lipinski definition) is 8. The summed E-state index contributed by atoms with van der Waals surface area (Å²) in [6.07, 6.45) is 3.01. The number of fused-ring (bicyclic) bond motifs is 1. The molecule has 0 bridgehead atoms. The fourth-order valence-corrected chi connectivity index (χ4v) is 8.21. The van der Waals surface area contributed by atoms with Crippen LogP contribution in [0, 0.1) is 18.6 Å². The van der Waals surface area contributed by atoms with Crippen molar-refractivity contribution in [1.82, 2.24) is 19.4 Å². The molecular weight excluding hydrogens is 602 g/mol. The van der Waals surface area contributed by atoms with Gasteiger partial charge < -0.3 is 15.5 Å². The van der Waals surface area contributed by atoms with E-state index < -0.39 is 38.1 Å². The summed E-state index contributed by atoms with van der Waals surface area (Å²) >= 11 is 0. The molecule has 1 saturated carbocycles. The number of sulfone groups is 1. The van der Waals surface area contributed by atoms with Gasteiger partial charge in [-0.05, 0) is 62.6 Å². The predicted molar refractivity (Wildman–Crippen MR) is 168 cm³/mol. The minimum absolute atomic E-state index is 0.0551. The molecule has 1 amide bonds. The third-order valence-electron chi connectivity index (χ3n) is 8.69. The Bertz CT molecular complexity index is 2020. The molecule has 2 aromatic carbocycles. The van der Waals surface area contributed by atoms with Gasteiger partial charge in [0.15, 0.2) is 21.3 Å². The molecule has 2 aromatic heterocycles. The summed E-state index contributed by atoms with van der Waals surface area (Å²) in [7, 11) is -3.85. The van der Waals surface area contributed by atoms with Crippen molar-refractivity contribution in [3.8, 4) is 16.9 Å². The van der Waals surface area contributed by atoms with Gasteiger partial charge in [0.05, 0.1) is 26.8 Å². The maximum atomic E-state index is 16.0. The number of carbonyl (C=O) groups is 1. The van der Waals surface area contributed by atoms with E-state index in [4.69, 9.17) is 5.73 Å². The number of anilines is 2. The summed E-state index contributed by atoms with van der Waals surface area (Å²) in [5.74, 6) is -1.85. The number of aromatic nitrogens is 3. The van der Waals surface area contributed by atoms with E-state index in [2.05, 4.69) is 16.5 Å². The van der Waals surface area contributed by atoms with Crippen LogP contribution in [-0.2, 0) is 14.6 Å². The van der Waals surface area contributed by atoms with Crippen molar-refractivity contribution in [3.63, 3.8) is 0 Å². The van der Waals surface area contributed by atoms with Gasteiger partial charge in [-0.2, -0.15) is 4.98 Å². The van der Waals surface area contributed by atoms with E-state index in [0.717, 1.165) is 23.1 Å². The lowest BCUT2D eigenvalue weighted by atomic mass is 10.00. The Labute approximate surface area is 258 Å². The van der Waals surface area contributed by atoms with Crippen molar-refractivity contribution < 1.29 is 22.0 Å². The van der Waals surface area contributed by atoms with Crippen molar-refractivity contribution in [2.75, 3.05) is 30.3 Å². The number of carbonyl (C=O) groups excluding carboxylic acids is 1. The number of aryl methyl sites for hydroxylation is 1. The molecule has 0 unspecified atom stereocenters. The standard InChI is InChI=1S/C32H32F2N6O4S/c1-4-26(41)38-14-15-39(19(3)17-38)30-21-16-23(34)28(27-22(33)11-7-12-24(27)35)36-31(21)40(32(42)37-30)29-18(2)8-5-13-25(29)45(43,44)20-9-6-10-20/h4-5,7-8,11-13,16,19-20H,1,6,9-10,14-15,17,35H2,2-3H3/t19-/m0/s1. The number of piperazine rings is 1. The number of nitrogen functional groups attached to an aromatic ring is 1. The molecule has 0 spiro atoms. The third kappa shape index (κ3) is 5.04. The molecule has 1 saturated heterocycles. The first-order valence-electron chi connectivity index (χ1n) is 14.6. The van der Waals surface area contributed by atoms with Crippen LogP contribution in [0.2, 0.25) is 0 Å². The van der Waals surface area contributed by atoms with Gasteiger partial charge in [-0.15, -0.1) is 0 Å². The molecular formula is C32H32F2N6O4S. The largest absolute Gasteiger partial charge is 0.398 e. The van der Waals surface area contributed by atoms with Crippen molar-refractivity contribution >= 4 is 38.3 Å². The third-order valence-corrected chi connectivity index (χ3v) is 11.0. The Balaban J connectivity index is 1.66. The second-order valence-corrected chi connectivity index (χ2v) is 13.7. The fourth-order valence-electron chi connectivity index (χ4n) is 6.10. The SMILES string of the molecule is C=CC(=O)N1CCN(c2nc(=O)n(-c3c(C)cccc3S(=O)(=O)C3CCC3)c3nc(-c4c(N)cccc4F)c(F)cc23)[C@@H](C)C1. The molecule has 2 fully saturated rings. The van der Waals surface area contributed by atoms with Gasteiger partial charge in [0.1, 0.15) is 17.3 Å².